The van der Waals surface area contributed by atoms with Crippen LogP contribution in [0.15, 0.2) is 0 Å². The lowest BCUT2D eigenvalue weighted by atomic mass is 10.1. The van der Waals surface area contributed by atoms with Crippen LogP contribution in [-0.2, 0) is 9.59 Å². The number of rotatable bonds is 5. The van der Waals surface area contributed by atoms with Crippen LogP contribution >= 0.6 is 0 Å². The van der Waals surface area contributed by atoms with E-state index in [-0.39, 0.29) is 24.2 Å². The molecule has 2 N–H and O–H groups in total. The predicted octanol–water partition coefficient (Wildman–Crippen LogP) is -0.728. The summed E-state index contributed by atoms with van der Waals surface area (Å²) in [5, 5.41) is 0. The molecule has 0 saturated carbocycles. The maximum atomic E-state index is 11.5. The number of likely N-dealkylation sites (tertiary alicyclic amines) is 1. The van der Waals surface area contributed by atoms with E-state index in [1.807, 2.05) is 14.1 Å². The Bertz CT molecular complexity index is 253. The number of amides is 2. The van der Waals surface area contributed by atoms with Crippen molar-refractivity contribution in [2.45, 2.75) is 12.8 Å². The first-order valence-corrected chi connectivity index (χ1v) is 5.22. The largest absolute Gasteiger partial charge is 0.369 e. The van der Waals surface area contributed by atoms with Gasteiger partial charge in [-0.1, -0.05) is 0 Å². The van der Waals surface area contributed by atoms with Crippen LogP contribution in [0.5, 0.6) is 0 Å². The highest BCUT2D eigenvalue weighted by atomic mass is 16.2. The van der Waals surface area contributed by atoms with Gasteiger partial charge in [0.2, 0.25) is 11.8 Å². The van der Waals surface area contributed by atoms with Gasteiger partial charge in [0.15, 0.2) is 0 Å². The molecule has 1 aliphatic heterocycles. The van der Waals surface area contributed by atoms with Crippen LogP contribution in [0.1, 0.15) is 12.8 Å². The van der Waals surface area contributed by atoms with Crippen molar-refractivity contribution in [2.75, 3.05) is 33.7 Å². The lowest BCUT2D eigenvalue weighted by Crippen LogP contribution is -2.30. The number of primary amides is 1. The molecule has 1 rings (SSSR count). The summed E-state index contributed by atoms with van der Waals surface area (Å²) < 4.78 is 0. The van der Waals surface area contributed by atoms with Gasteiger partial charge in [-0.2, -0.15) is 0 Å². The first kappa shape index (κ1) is 12.0. The maximum absolute atomic E-state index is 11.5. The molecule has 5 heteroatoms. The zero-order valence-electron chi connectivity index (χ0n) is 9.40. The molecule has 5 nitrogen and oxygen atoms in total. The smallest absolute Gasteiger partial charge is 0.223 e. The molecule has 15 heavy (non-hydrogen) atoms. The van der Waals surface area contributed by atoms with Crippen molar-refractivity contribution in [2.24, 2.45) is 11.7 Å². The van der Waals surface area contributed by atoms with Crippen LogP contribution in [-0.4, -0.2) is 55.3 Å². The van der Waals surface area contributed by atoms with Crippen molar-refractivity contribution >= 4 is 11.8 Å². The van der Waals surface area contributed by atoms with E-state index in [1.54, 1.807) is 4.90 Å². The minimum absolute atomic E-state index is 0.0533. The van der Waals surface area contributed by atoms with Gasteiger partial charge in [0, 0.05) is 19.5 Å². The fourth-order valence-electron chi connectivity index (χ4n) is 1.76. The third kappa shape index (κ3) is 3.51. The van der Waals surface area contributed by atoms with Gasteiger partial charge in [0.1, 0.15) is 0 Å². The Balaban J connectivity index is 2.31. The number of hydrogen-bond donors (Lipinski definition) is 1. The van der Waals surface area contributed by atoms with Crippen molar-refractivity contribution in [1.29, 1.82) is 0 Å². The van der Waals surface area contributed by atoms with E-state index in [0.717, 1.165) is 19.5 Å². The van der Waals surface area contributed by atoms with Gasteiger partial charge in [-0.3, -0.25) is 9.59 Å². The van der Waals surface area contributed by atoms with Gasteiger partial charge >= 0.3 is 0 Å². The van der Waals surface area contributed by atoms with Crippen LogP contribution in [0.2, 0.25) is 0 Å². The van der Waals surface area contributed by atoms with Crippen LogP contribution in [0.3, 0.4) is 0 Å². The van der Waals surface area contributed by atoms with Gasteiger partial charge < -0.3 is 15.5 Å². The maximum Gasteiger partial charge on any atom is 0.223 e. The predicted molar refractivity (Wildman–Crippen MR) is 57.1 cm³/mol. The topological polar surface area (TPSA) is 66.6 Å². The molecule has 0 aromatic carbocycles. The summed E-state index contributed by atoms with van der Waals surface area (Å²) in [6, 6.07) is 0. The van der Waals surface area contributed by atoms with Crippen LogP contribution in [0, 0.1) is 5.92 Å². The van der Waals surface area contributed by atoms with Crippen LogP contribution in [0.25, 0.3) is 0 Å². The fourth-order valence-corrected chi connectivity index (χ4v) is 1.76. The zero-order valence-corrected chi connectivity index (χ0v) is 9.40. The Morgan fingerprint density at radius 3 is 2.73 bits per heavy atom. The second-order valence-electron chi connectivity index (χ2n) is 4.30. The van der Waals surface area contributed by atoms with E-state index in [2.05, 4.69) is 4.90 Å². The summed E-state index contributed by atoms with van der Waals surface area (Å²) in [5.74, 6) is -0.590. The minimum atomic E-state index is -0.363. The molecule has 1 saturated heterocycles. The first-order chi connectivity index (χ1) is 7.00. The Hall–Kier alpha value is -1.10. The Morgan fingerprint density at radius 1 is 1.60 bits per heavy atom. The minimum Gasteiger partial charge on any atom is -0.369 e. The van der Waals surface area contributed by atoms with Crippen molar-refractivity contribution in [1.82, 2.24) is 9.80 Å². The molecule has 1 fully saturated rings. The number of nitrogens with zero attached hydrogens (tertiary/aromatic N) is 2. The van der Waals surface area contributed by atoms with Crippen molar-refractivity contribution in [3.8, 4) is 0 Å². The zero-order chi connectivity index (χ0) is 11.4. The van der Waals surface area contributed by atoms with Gasteiger partial charge in [-0.15, -0.1) is 0 Å². The summed E-state index contributed by atoms with van der Waals surface area (Å²) >= 11 is 0. The molecular weight excluding hydrogens is 194 g/mol. The lowest BCUT2D eigenvalue weighted by Gasteiger charge is -2.17. The highest BCUT2D eigenvalue weighted by molar-refractivity contribution is 5.88. The molecule has 1 heterocycles. The lowest BCUT2D eigenvalue weighted by molar-refractivity contribution is -0.128. The summed E-state index contributed by atoms with van der Waals surface area (Å²) in [7, 11) is 4.00. The van der Waals surface area contributed by atoms with Crippen molar-refractivity contribution in [3.63, 3.8) is 0 Å². The van der Waals surface area contributed by atoms with Gasteiger partial charge in [-0.25, -0.2) is 0 Å². The molecule has 1 atom stereocenters. The Morgan fingerprint density at radius 2 is 2.27 bits per heavy atom. The summed E-state index contributed by atoms with van der Waals surface area (Å²) in [5.41, 5.74) is 5.17. The van der Waals surface area contributed by atoms with E-state index in [1.165, 1.54) is 0 Å². The van der Waals surface area contributed by atoms with E-state index in [4.69, 9.17) is 5.73 Å². The quantitative estimate of drug-likeness (QED) is 0.655. The molecule has 2 amide bonds. The SMILES string of the molecule is CN(C)CCCN1C[C@@H](C(N)=O)CC1=O. The molecular formula is C10H19N3O2. The van der Waals surface area contributed by atoms with Crippen molar-refractivity contribution < 1.29 is 9.59 Å². The number of nitrogens with two attached hydrogens (primary N) is 1. The third-order valence-electron chi connectivity index (χ3n) is 2.65. The number of carbonyl (C=O) groups is 2. The van der Waals surface area contributed by atoms with E-state index in [9.17, 15) is 9.59 Å². The molecule has 0 unspecified atom stereocenters. The Kier molecular flexibility index (Phi) is 4.08. The average molecular weight is 213 g/mol. The summed E-state index contributed by atoms with van der Waals surface area (Å²) in [6.45, 7) is 2.17. The number of hydrogen-bond acceptors (Lipinski definition) is 3. The summed E-state index contributed by atoms with van der Waals surface area (Å²) in [6.07, 6.45) is 1.22. The fraction of sp³-hybridized carbons (Fsp3) is 0.800. The molecule has 0 aromatic rings. The molecule has 86 valence electrons. The second-order valence-corrected chi connectivity index (χ2v) is 4.30. The van der Waals surface area contributed by atoms with Gasteiger partial charge in [-0.05, 0) is 27.1 Å². The van der Waals surface area contributed by atoms with Gasteiger partial charge in [0.05, 0.1) is 5.92 Å². The normalized spacial score (nSPS) is 21.4. The highest BCUT2D eigenvalue weighted by Gasteiger charge is 2.32. The number of carbonyl (C=O) groups excluding carboxylic acids is 2. The van der Waals surface area contributed by atoms with E-state index >= 15 is 0 Å². The first-order valence-electron chi connectivity index (χ1n) is 5.22. The molecule has 0 spiro atoms. The highest BCUT2D eigenvalue weighted by Crippen LogP contribution is 2.17. The van der Waals surface area contributed by atoms with Crippen LogP contribution < -0.4 is 5.73 Å². The van der Waals surface area contributed by atoms with Gasteiger partial charge in [0.25, 0.3) is 0 Å². The van der Waals surface area contributed by atoms with E-state index in [0.29, 0.717) is 6.54 Å². The molecule has 0 aliphatic carbocycles. The van der Waals surface area contributed by atoms with Crippen molar-refractivity contribution in [3.05, 3.63) is 0 Å². The molecule has 0 bridgehead atoms. The standard InChI is InChI=1S/C10H19N3O2/c1-12(2)4-3-5-13-7-8(10(11)15)6-9(13)14/h8H,3-7H2,1-2H3,(H2,11,15)/t8-/m0/s1. The average Bonchev–Trinajstić information content (AvgIpc) is 2.47. The third-order valence-corrected chi connectivity index (χ3v) is 2.65. The monoisotopic (exact) mass is 213 g/mol. The molecule has 1 aliphatic rings. The second kappa shape index (κ2) is 5.11. The molecule has 0 aromatic heterocycles. The Labute approximate surface area is 90.2 Å². The van der Waals surface area contributed by atoms with E-state index < -0.39 is 0 Å². The van der Waals surface area contributed by atoms with Crippen LogP contribution in [0.4, 0.5) is 0 Å². The summed E-state index contributed by atoms with van der Waals surface area (Å²) in [4.78, 5) is 26.2. The molecule has 0 radical (unpaired) electrons.